The van der Waals surface area contributed by atoms with Gasteiger partial charge in [-0.05, 0) is 29.6 Å². The fourth-order valence-electron chi connectivity index (χ4n) is 2.24. The van der Waals surface area contributed by atoms with E-state index in [1.165, 1.54) is 11.1 Å². The summed E-state index contributed by atoms with van der Waals surface area (Å²) in [5.41, 5.74) is 3.37. The zero-order valence-corrected chi connectivity index (χ0v) is 10.1. The van der Waals surface area contributed by atoms with Gasteiger partial charge in [-0.15, -0.1) is 0 Å². The third-order valence-corrected chi connectivity index (χ3v) is 3.27. The monoisotopic (exact) mass is 243 g/mol. The van der Waals surface area contributed by atoms with Crippen LogP contribution in [0.15, 0.2) is 28.9 Å². The summed E-state index contributed by atoms with van der Waals surface area (Å²) >= 11 is 0. The van der Waals surface area contributed by atoms with Crippen molar-refractivity contribution in [2.24, 2.45) is 0 Å². The molecule has 0 saturated carbocycles. The molecule has 0 fully saturated rings. The molecule has 18 heavy (non-hydrogen) atoms. The molecule has 1 aromatic carbocycles. The Morgan fingerprint density at radius 1 is 1.28 bits per heavy atom. The average molecular weight is 243 g/mol. The Kier molecular flexibility index (Phi) is 2.59. The Hall–Kier alpha value is -2.17. The number of rotatable bonds is 1. The highest BCUT2D eigenvalue weighted by atomic mass is 16.6. The predicted molar refractivity (Wildman–Crippen MR) is 63.9 cm³/mol. The molecule has 0 unspecified atom stereocenters. The van der Waals surface area contributed by atoms with E-state index in [4.69, 9.17) is 0 Å². The van der Waals surface area contributed by atoms with Gasteiger partial charge in [0.1, 0.15) is 5.69 Å². The lowest BCUT2D eigenvalue weighted by molar-refractivity contribution is 0.0723. The summed E-state index contributed by atoms with van der Waals surface area (Å²) < 4.78 is 4.58. The second-order valence-electron chi connectivity index (χ2n) is 4.44. The number of hydrogen-bond acceptors (Lipinski definition) is 4. The van der Waals surface area contributed by atoms with E-state index in [0.29, 0.717) is 24.5 Å². The lowest BCUT2D eigenvalue weighted by Crippen LogP contribution is -2.36. The number of carbonyl (C=O) groups is 1. The Bertz CT molecular complexity index is 591. The summed E-state index contributed by atoms with van der Waals surface area (Å²) in [6.45, 7) is 3.06. The summed E-state index contributed by atoms with van der Waals surface area (Å²) in [6, 6.07) is 8.19. The third kappa shape index (κ3) is 1.77. The number of aromatic nitrogens is 2. The highest BCUT2D eigenvalue weighted by molar-refractivity contribution is 5.93. The number of amides is 1. The molecule has 5 nitrogen and oxygen atoms in total. The van der Waals surface area contributed by atoms with Crippen LogP contribution >= 0.6 is 0 Å². The van der Waals surface area contributed by atoms with Gasteiger partial charge in [-0.25, -0.2) is 4.63 Å². The van der Waals surface area contributed by atoms with Gasteiger partial charge in [-0.2, -0.15) is 0 Å². The molecule has 3 rings (SSSR count). The van der Waals surface area contributed by atoms with Crippen LogP contribution in [0.2, 0.25) is 0 Å². The van der Waals surface area contributed by atoms with E-state index in [0.717, 1.165) is 6.42 Å². The molecular weight excluding hydrogens is 230 g/mol. The predicted octanol–water partition coefficient (Wildman–Crippen LogP) is 1.58. The van der Waals surface area contributed by atoms with E-state index in [9.17, 15) is 4.79 Å². The molecule has 2 aromatic rings. The smallest absolute Gasteiger partial charge is 0.278 e. The topological polar surface area (TPSA) is 59.2 Å². The number of nitrogens with zero attached hydrogens (tertiary/aromatic N) is 3. The summed E-state index contributed by atoms with van der Waals surface area (Å²) in [4.78, 5) is 14.0. The van der Waals surface area contributed by atoms with Crippen molar-refractivity contribution in [2.75, 3.05) is 6.54 Å². The van der Waals surface area contributed by atoms with Gasteiger partial charge < -0.3 is 4.90 Å². The Balaban J connectivity index is 1.84. The van der Waals surface area contributed by atoms with E-state index >= 15 is 0 Å². The van der Waals surface area contributed by atoms with Crippen LogP contribution in [0, 0.1) is 6.92 Å². The molecule has 1 aliphatic rings. The molecule has 1 amide bonds. The van der Waals surface area contributed by atoms with Gasteiger partial charge in [0.05, 0.1) is 0 Å². The maximum absolute atomic E-state index is 12.3. The van der Waals surface area contributed by atoms with Crippen molar-refractivity contribution in [3.8, 4) is 0 Å². The summed E-state index contributed by atoms with van der Waals surface area (Å²) in [5.74, 6) is -0.108. The first-order valence-corrected chi connectivity index (χ1v) is 5.91. The van der Waals surface area contributed by atoms with E-state index in [1.54, 1.807) is 11.8 Å². The van der Waals surface area contributed by atoms with Crippen molar-refractivity contribution in [3.63, 3.8) is 0 Å². The van der Waals surface area contributed by atoms with Gasteiger partial charge in [0, 0.05) is 13.1 Å². The molecule has 0 N–H and O–H groups in total. The Labute approximate surface area is 104 Å². The van der Waals surface area contributed by atoms with E-state index < -0.39 is 0 Å². The van der Waals surface area contributed by atoms with Crippen LogP contribution in [0.1, 0.15) is 27.3 Å². The first-order chi connectivity index (χ1) is 8.75. The molecule has 0 spiro atoms. The van der Waals surface area contributed by atoms with Crippen molar-refractivity contribution in [3.05, 3.63) is 46.8 Å². The molecule has 0 aliphatic carbocycles. The minimum absolute atomic E-state index is 0.108. The van der Waals surface area contributed by atoms with Crippen LogP contribution in [0.5, 0.6) is 0 Å². The second kappa shape index (κ2) is 4.25. The van der Waals surface area contributed by atoms with Crippen LogP contribution in [0.25, 0.3) is 0 Å². The van der Waals surface area contributed by atoms with E-state index in [-0.39, 0.29) is 5.91 Å². The van der Waals surface area contributed by atoms with Crippen LogP contribution in [0.3, 0.4) is 0 Å². The van der Waals surface area contributed by atoms with Gasteiger partial charge in [0.25, 0.3) is 5.91 Å². The number of fused-ring (bicyclic) bond motifs is 1. The first kappa shape index (κ1) is 11.0. The molecule has 0 radical (unpaired) electrons. The quantitative estimate of drug-likeness (QED) is 0.763. The molecule has 92 valence electrons. The number of aryl methyl sites for hydroxylation is 1. The lowest BCUT2D eigenvalue weighted by atomic mass is 10.00. The van der Waals surface area contributed by atoms with Gasteiger partial charge in [0.15, 0.2) is 5.69 Å². The molecule has 0 bridgehead atoms. The summed E-state index contributed by atoms with van der Waals surface area (Å²) in [7, 11) is 0. The zero-order chi connectivity index (χ0) is 12.5. The maximum atomic E-state index is 12.3. The van der Waals surface area contributed by atoms with Crippen LogP contribution < -0.4 is 0 Å². The minimum Gasteiger partial charge on any atom is -0.332 e. The third-order valence-electron chi connectivity index (χ3n) is 3.27. The standard InChI is InChI=1S/C13H13N3O2/c1-9-12(15-18-14-9)13(17)16-7-6-10-4-2-3-5-11(10)8-16/h2-5H,6-8H2,1H3. The summed E-state index contributed by atoms with van der Waals surface area (Å²) in [6.07, 6.45) is 0.881. The fourth-order valence-corrected chi connectivity index (χ4v) is 2.24. The summed E-state index contributed by atoms with van der Waals surface area (Å²) in [5, 5.41) is 7.31. The van der Waals surface area contributed by atoms with Gasteiger partial charge in [-0.3, -0.25) is 4.79 Å². The van der Waals surface area contributed by atoms with Gasteiger partial charge in [-0.1, -0.05) is 29.4 Å². The number of benzene rings is 1. The molecule has 0 saturated heterocycles. The van der Waals surface area contributed by atoms with Crippen LogP contribution in [-0.2, 0) is 13.0 Å². The molecule has 2 heterocycles. The highest BCUT2D eigenvalue weighted by Gasteiger charge is 2.25. The molecule has 5 heteroatoms. The van der Waals surface area contributed by atoms with Crippen molar-refractivity contribution < 1.29 is 9.42 Å². The van der Waals surface area contributed by atoms with Crippen LogP contribution in [0.4, 0.5) is 0 Å². The van der Waals surface area contributed by atoms with Crippen molar-refractivity contribution >= 4 is 5.91 Å². The Morgan fingerprint density at radius 2 is 2.06 bits per heavy atom. The van der Waals surface area contributed by atoms with Crippen molar-refractivity contribution in [2.45, 2.75) is 19.9 Å². The Morgan fingerprint density at radius 3 is 2.78 bits per heavy atom. The fraction of sp³-hybridized carbons (Fsp3) is 0.308. The average Bonchev–Trinajstić information content (AvgIpc) is 2.83. The zero-order valence-electron chi connectivity index (χ0n) is 10.1. The van der Waals surface area contributed by atoms with Gasteiger partial charge >= 0.3 is 0 Å². The highest BCUT2D eigenvalue weighted by Crippen LogP contribution is 2.20. The van der Waals surface area contributed by atoms with Gasteiger partial charge in [0.2, 0.25) is 0 Å². The van der Waals surface area contributed by atoms with E-state index in [2.05, 4.69) is 27.1 Å². The molecule has 0 atom stereocenters. The molecular formula is C13H13N3O2. The van der Waals surface area contributed by atoms with Crippen LogP contribution in [-0.4, -0.2) is 27.7 Å². The second-order valence-corrected chi connectivity index (χ2v) is 4.44. The number of carbonyl (C=O) groups excluding carboxylic acids is 1. The number of hydrogen-bond donors (Lipinski definition) is 0. The lowest BCUT2D eigenvalue weighted by Gasteiger charge is -2.28. The molecule has 1 aromatic heterocycles. The van der Waals surface area contributed by atoms with Crippen molar-refractivity contribution in [1.29, 1.82) is 0 Å². The minimum atomic E-state index is -0.108. The maximum Gasteiger partial charge on any atom is 0.278 e. The SMILES string of the molecule is Cc1nonc1C(=O)N1CCc2ccccc2C1. The van der Waals surface area contributed by atoms with Crippen molar-refractivity contribution in [1.82, 2.24) is 15.2 Å². The van der Waals surface area contributed by atoms with E-state index in [1.807, 2.05) is 12.1 Å². The normalized spacial score (nSPS) is 14.4. The molecule has 1 aliphatic heterocycles. The first-order valence-electron chi connectivity index (χ1n) is 5.91. The largest absolute Gasteiger partial charge is 0.332 e.